The molecule has 0 bridgehead atoms. The molecule has 5 aromatic rings. The summed E-state index contributed by atoms with van der Waals surface area (Å²) >= 11 is 6.06. The molecule has 1 aliphatic heterocycles. The van der Waals surface area contributed by atoms with Crippen molar-refractivity contribution in [2.45, 2.75) is 77.0 Å². The molecule has 66 heavy (non-hydrogen) atoms. The average molecular weight is 953 g/mol. The van der Waals surface area contributed by atoms with Crippen LogP contribution in [-0.2, 0) is 31.2 Å². The summed E-state index contributed by atoms with van der Waals surface area (Å²) in [4.78, 5) is 28.4. The molecule has 12 nitrogen and oxygen atoms in total. The first kappa shape index (κ1) is 48.1. The van der Waals surface area contributed by atoms with Crippen molar-refractivity contribution in [3.8, 4) is 22.5 Å². The minimum atomic E-state index is -4.93. The van der Waals surface area contributed by atoms with Crippen LogP contribution in [0.3, 0.4) is 0 Å². The van der Waals surface area contributed by atoms with E-state index in [2.05, 4.69) is 42.5 Å². The van der Waals surface area contributed by atoms with Gasteiger partial charge in [0.25, 0.3) is 16.0 Å². The molecule has 2 N–H and O–H groups in total. The van der Waals surface area contributed by atoms with Gasteiger partial charge < -0.3 is 14.6 Å². The van der Waals surface area contributed by atoms with E-state index in [0.29, 0.717) is 69.0 Å². The summed E-state index contributed by atoms with van der Waals surface area (Å²) in [6, 6.07) is 27.8. The molecule has 0 radical (unpaired) electrons. The van der Waals surface area contributed by atoms with Gasteiger partial charge in [0.2, 0.25) is 11.3 Å². The fourth-order valence-corrected chi connectivity index (χ4v) is 11.1. The van der Waals surface area contributed by atoms with Crippen molar-refractivity contribution in [1.29, 1.82) is 0 Å². The van der Waals surface area contributed by atoms with Crippen LogP contribution in [0, 0.1) is 13.8 Å². The summed E-state index contributed by atoms with van der Waals surface area (Å²) in [6.07, 6.45) is 1.26. The topological polar surface area (TPSA) is 159 Å². The van der Waals surface area contributed by atoms with E-state index in [9.17, 15) is 31.0 Å². The third-order valence-corrected chi connectivity index (χ3v) is 15.3. The number of aryl methyl sites for hydroxylation is 1. The number of hydrogen-bond acceptors (Lipinski definition) is 8. The number of carbonyl (C=O) groups is 2. The summed E-state index contributed by atoms with van der Waals surface area (Å²) in [5.74, 6) is -0.228. The van der Waals surface area contributed by atoms with Crippen LogP contribution in [0.25, 0.3) is 44.3 Å². The highest BCUT2D eigenvalue weighted by atomic mass is 35.5. The largest absolute Gasteiger partial charge is 0.456 e. The molecule has 0 unspecified atom stereocenters. The van der Waals surface area contributed by atoms with Crippen LogP contribution >= 0.6 is 11.6 Å². The standard InChI is InChI=1S/C51H55ClN4O8S2/c1-7-54(8-2)37-19-22-40-46(29-37)64-47-30-38(55(9-3)10-4)20-23-41(47)50(40)42-24-21-39(31-48(42)66(61,62)63)65(59,60)27-13-11-12-26-53-49(57)32-43-34(6)56(45-25-14-33(5)28-44(43)45)51(58)35-15-17-36(52)18-16-35/h14-25,28-31H,7-13,26-27,32H2,1-6H3,(H-,53,57,61,62,63)/p+1. The van der Waals surface area contributed by atoms with Gasteiger partial charge in [0.15, 0.2) is 9.84 Å². The van der Waals surface area contributed by atoms with Gasteiger partial charge in [-0.1, -0.05) is 35.7 Å². The second-order valence-corrected chi connectivity index (χ2v) is 20.4. The third kappa shape index (κ3) is 9.97. The predicted molar refractivity (Wildman–Crippen MR) is 263 cm³/mol. The minimum absolute atomic E-state index is 0.0468. The molecule has 15 heteroatoms. The molecule has 1 amide bonds. The van der Waals surface area contributed by atoms with E-state index >= 15 is 0 Å². The van der Waals surface area contributed by atoms with E-state index in [1.54, 1.807) is 28.8 Å². The number of rotatable bonds is 17. The molecule has 1 aromatic heterocycles. The zero-order chi connectivity index (χ0) is 47.5. The van der Waals surface area contributed by atoms with Gasteiger partial charge in [0.1, 0.15) is 29.3 Å². The lowest BCUT2D eigenvalue weighted by molar-refractivity contribution is -0.120. The van der Waals surface area contributed by atoms with Crippen LogP contribution in [0.4, 0.5) is 5.69 Å². The summed E-state index contributed by atoms with van der Waals surface area (Å²) in [7, 11) is -8.93. The summed E-state index contributed by atoms with van der Waals surface area (Å²) in [6.45, 7) is 15.4. The number of anilines is 1. The molecule has 346 valence electrons. The lowest BCUT2D eigenvalue weighted by Gasteiger charge is -2.22. The Morgan fingerprint density at radius 1 is 0.788 bits per heavy atom. The maximum absolute atomic E-state index is 13.8. The van der Waals surface area contributed by atoms with Crippen molar-refractivity contribution in [2.24, 2.45) is 0 Å². The molecular weight excluding hydrogens is 896 g/mol. The predicted octanol–water partition coefficient (Wildman–Crippen LogP) is 9.33. The van der Waals surface area contributed by atoms with E-state index < -0.39 is 24.9 Å². The monoisotopic (exact) mass is 951 g/mol. The van der Waals surface area contributed by atoms with Gasteiger partial charge in [-0.25, -0.2) is 13.0 Å². The lowest BCUT2D eigenvalue weighted by atomic mass is 9.93. The highest BCUT2D eigenvalue weighted by Gasteiger charge is 2.28. The number of fused-ring (bicyclic) bond motifs is 3. The molecule has 4 aromatic carbocycles. The molecule has 0 spiro atoms. The summed E-state index contributed by atoms with van der Waals surface area (Å²) in [5, 5.41) is 5.80. The highest BCUT2D eigenvalue weighted by molar-refractivity contribution is 7.91. The minimum Gasteiger partial charge on any atom is -0.456 e. The number of carbonyl (C=O) groups excluding carboxylic acids is 2. The normalized spacial score (nSPS) is 12.0. The molecule has 2 heterocycles. The number of unbranched alkanes of at least 4 members (excludes halogenated alkanes) is 2. The van der Waals surface area contributed by atoms with E-state index in [0.717, 1.165) is 59.8 Å². The van der Waals surface area contributed by atoms with E-state index in [4.69, 9.17) is 16.0 Å². The van der Waals surface area contributed by atoms with Crippen LogP contribution in [0.2, 0.25) is 5.02 Å². The lowest BCUT2D eigenvalue weighted by Crippen LogP contribution is -2.29. The van der Waals surface area contributed by atoms with Gasteiger partial charge in [-0.3, -0.25) is 18.7 Å². The Balaban J connectivity index is 1.08. The Kier molecular flexibility index (Phi) is 14.6. The smallest absolute Gasteiger partial charge is 0.295 e. The number of hydrogen-bond donors (Lipinski definition) is 2. The summed E-state index contributed by atoms with van der Waals surface area (Å²) in [5.41, 5.74) is 6.23. The van der Waals surface area contributed by atoms with Crippen molar-refractivity contribution < 1.29 is 35.4 Å². The maximum Gasteiger partial charge on any atom is 0.295 e. The van der Waals surface area contributed by atoms with Crippen molar-refractivity contribution >= 4 is 70.9 Å². The average Bonchev–Trinajstić information content (AvgIpc) is 3.55. The van der Waals surface area contributed by atoms with Crippen LogP contribution in [-0.4, -0.2) is 76.2 Å². The van der Waals surface area contributed by atoms with Gasteiger partial charge in [-0.15, -0.1) is 0 Å². The van der Waals surface area contributed by atoms with Crippen LogP contribution < -0.4 is 20.1 Å². The van der Waals surface area contributed by atoms with Gasteiger partial charge >= 0.3 is 0 Å². The Labute approximate surface area is 391 Å². The van der Waals surface area contributed by atoms with Crippen molar-refractivity contribution in [3.05, 3.63) is 130 Å². The number of nitrogens with zero attached hydrogens (tertiary/aromatic N) is 3. The van der Waals surface area contributed by atoms with Gasteiger partial charge in [0.05, 0.1) is 28.7 Å². The van der Waals surface area contributed by atoms with Crippen LogP contribution in [0.5, 0.6) is 0 Å². The van der Waals surface area contributed by atoms with Crippen molar-refractivity contribution in [3.63, 3.8) is 0 Å². The maximum atomic E-state index is 13.8. The van der Waals surface area contributed by atoms with Crippen LogP contribution in [0.1, 0.15) is 74.1 Å². The molecular formula is C51H56ClN4O8S2+. The number of benzene rings is 5. The molecule has 2 aliphatic rings. The number of sulfone groups is 1. The Morgan fingerprint density at radius 3 is 2.18 bits per heavy atom. The zero-order valence-electron chi connectivity index (χ0n) is 38.1. The quantitative estimate of drug-likeness (QED) is 0.0393. The van der Waals surface area contributed by atoms with Crippen LogP contribution in [0.15, 0.2) is 111 Å². The number of aromatic nitrogens is 1. The number of nitrogens with one attached hydrogen (secondary N) is 1. The Hall–Kier alpha value is -5.80. The second-order valence-electron chi connectivity index (χ2n) is 16.5. The molecule has 1 aliphatic carbocycles. The molecule has 0 atom stereocenters. The van der Waals surface area contributed by atoms with Crippen molar-refractivity contribution in [2.75, 3.05) is 43.4 Å². The number of halogens is 1. The Bertz CT molecular complexity index is 3240. The Morgan fingerprint density at radius 2 is 1.50 bits per heavy atom. The molecule has 0 fully saturated rings. The van der Waals surface area contributed by atoms with Gasteiger partial charge in [-0.05, 0) is 127 Å². The number of amides is 1. The first-order valence-corrected chi connectivity index (χ1v) is 25.8. The first-order valence-electron chi connectivity index (χ1n) is 22.3. The molecule has 0 saturated heterocycles. The fraction of sp³-hybridized carbons (Fsp3) is 0.314. The zero-order valence-corrected chi connectivity index (χ0v) is 40.5. The van der Waals surface area contributed by atoms with Gasteiger partial charge in [0, 0.05) is 81.2 Å². The van der Waals surface area contributed by atoms with Gasteiger partial charge in [-0.2, -0.15) is 8.42 Å². The second kappa shape index (κ2) is 20.0. The first-order chi connectivity index (χ1) is 31.5. The fourth-order valence-electron chi connectivity index (χ4n) is 8.81. The SMILES string of the molecule is CCN(CC)c1ccc2c(-c3ccc(S(=O)(=O)CCCCCNC(=O)Cc4c(C)n(C(=O)c5ccc(Cl)cc5)c5ccc(C)cc45)cc3S(=O)(=O)O)c3ccc(=[N+](CC)CC)cc-3oc2c1. The van der Waals surface area contributed by atoms with Crippen molar-refractivity contribution in [1.82, 2.24) is 14.5 Å². The molecule has 7 rings (SSSR count). The third-order valence-electron chi connectivity index (χ3n) is 12.3. The van der Waals surface area contributed by atoms with E-state index in [1.165, 1.54) is 12.1 Å². The molecule has 0 saturated carbocycles. The summed E-state index contributed by atoms with van der Waals surface area (Å²) < 4.78 is 74.9. The van der Waals surface area contributed by atoms with E-state index in [-0.39, 0.29) is 40.9 Å². The highest BCUT2D eigenvalue weighted by Crippen LogP contribution is 2.43. The van der Waals surface area contributed by atoms with E-state index in [1.807, 2.05) is 68.4 Å².